The van der Waals surface area contributed by atoms with Crippen molar-refractivity contribution in [3.63, 3.8) is 0 Å². The van der Waals surface area contributed by atoms with E-state index in [0.717, 1.165) is 22.7 Å². The molecule has 198 valence electrons. The second-order valence-corrected chi connectivity index (χ2v) is 13.5. The average Bonchev–Trinajstić information content (AvgIpc) is 3.43. The molecule has 0 aliphatic rings. The van der Waals surface area contributed by atoms with Crippen LogP contribution in [0.5, 0.6) is 0 Å². The quantitative estimate of drug-likeness (QED) is 0.208. The molecule has 0 saturated carbocycles. The standard InChI is InChI=1S/C24H20N2O8S4/c1-13-7-3-5-9-19(13)37(31,32)25-15-11-17(35-21(15)23(27)28)18-12-16(22(36-18)24(29)30)26-38(33,34)20-10-6-4-8-14(20)2/h3-12,25-26H,1-2H3,(H,27,28)(H,29,30). The van der Waals surface area contributed by atoms with Crippen molar-refractivity contribution in [3.05, 3.63) is 81.5 Å². The Kier molecular flexibility index (Phi) is 7.34. The van der Waals surface area contributed by atoms with E-state index in [4.69, 9.17) is 0 Å². The Morgan fingerprint density at radius 2 is 1.00 bits per heavy atom. The summed E-state index contributed by atoms with van der Waals surface area (Å²) in [5, 5.41) is 19.4. The number of nitrogens with one attached hydrogen (secondary N) is 2. The number of rotatable bonds is 9. The summed E-state index contributed by atoms with van der Waals surface area (Å²) in [7, 11) is -8.27. The van der Waals surface area contributed by atoms with E-state index in [0.29, 0.717) is 11.1 Å². The molecule has 0 radical (unpaired) electrons. The van der Waals surface area contributed by atoms with E-state index in [9.17, 15) is 36.6 Å². The number of benzene rings is 2. The van der Waals surface area contributed by atoms with Gasteiger partial charge in [-0.05, 0) is 49.2 Å². The number of hydrogen-bond acceptors (Lipinski definition) is 8. The number of sulfonamides is 2. The van der Waals surface area contributed by atoms with Gasteiger partial charge >= 0.3 is 11.9 Å². The molecule has 2 aromatic heterocycles. The maximum absolute atomic E-state index is 13.0. The number of carboxylic acid groups (broad SMARTS) is 2. The largest absolute Gasteiger partial charge is 0.477 e. The van der Waals surface area contributed by atoms with Crippen molar-refractivity contribution < 1.29 is 36.6 Å². The zero-order valence-electron chi connectivity index (χ0n) is 19.8. The molecular formula is C24H20N2O8S4. The van der Waals surface area contributed by atoms with Crippen LogP contribution >= 0.6 is 22.7 Å². The smallest absolute Gasteiger partial charge is 0.348 e. The first-order valence-electron chi connectivity index (χ1n) is 10.7. The van der Waals surface area contributed by atoms with Gasteiger partial charge in [-0.15, -0.1) is 22.7 Å². The Balaban J connectivity index is 1.75. The lowest BCUT2D eigenvalue weighted by atomic mass is 10.2. The second-order valence-electron chi connectivity index (χ2n) is 8.06. The molecule has 0 bridgehead atoms. The molecule has 38 heavy (non-hydrogen) atoms. The maximum atomic E-state index is 13.0. The van der Waals surface area contributed by atoms with Crippen molar-refractivity contribution in [2.24, 2.45) is 0 Å². The van der Waals surface area contributed by atoms with Crippen LogP contribution in [0.3, 0.4) is 0 Å². The molecule has 0 aliphatic heterocycles. The molecule has 0 unspecified atom stereocenters. The third-order valence-corrected chi connectivity index (χ3v) is 10.8. The normalized spacial score (nSPS) is 11.7. The lowest BCUT2D eigenvalue weighted by Crippen LogP contribution is -2.15. The minimum absolute atomic E-state index is 0.0266. The molecule has 0 saturated heterocycles. The highest BCUT2D eigenvalue weighted by Gasteiger charge is 2.27. The summed E-state index contributed by atoms with van der Waals surface area (Å²) in [5.41, 5.74) is 0.519. The van der Waals surface area contributed by atoms with Gasteiger partial charge in [0.1, 0.15) is 9.75 Å². The molecule has 0 atom stereocenters. The van der Waals surface area contributed by atoms with Gasteiger partial charge in [0.25, 0.3) is 20.0 Å². The molecule has 4 N–H and O–H groups in total. The van der Waals surface area contributed by atoms with Gasteiger partial charge in [-0.3, -0.25) is 9.44 Å². The van der Waals surface area contributed by atoms with Crippen LogP contribution in [0.25, 0.3) is 9.75 Å². The lowest BCUT2D eigenvalue weighted by molar-refractivity contribution is 0.0692. The molecular weight excluding hydrogens is 573 g/mol. The third kappa shape index (κ3) is 5.43. The molecule has 4 rings (SSSR count). The molecule has 2 aromatic carbocycles. The first-order valence-corrected chi connectivity index (χ1v) is 15.3. The fraction of sp³-hybridized carbons (Fsp3) is 0.0833. The van der Waals surface area contributed by atoms with Gasteiger partial charge in [-0.1, -0.05) is 36.4 Å². The van der Waals surface area contributed by atoms with E-state index in [1.807, 2.05) is 0 Å². The highest BCUT2D eigenvalue weighted by atomic mass is 32.2. The minimum atomic E-state index is -4.13. The van der Waals surface area contributed by atoms with Crippen LogP contribution in [0.2, 0.25) is 0 Å². The Morgan fingerprint density at radius 1 is 0.658 bits per heavy atom. The molecule has 0 aliphatic carbocycles. The number of anilines is 2. The Labute approximate surface area is 226 Å². The number of carbonyl (C=O) groups is 2. The third-order valence-electron chi connectivity index (χ3n) is 5.35. The first-order chi connectivity index (χ1) is 17.8. The van der Waals surface area contributed by atoms with Crippen LogP contribution in [0.4, 0.5) is 11.4 Å². The van der Waals surface area contributed by atoms with Gasteiger partial charge in [-0.25, -0.2) is 26.4 Å². The molecule has 0 amide bonds. The summed E-state index contributed by atoms with van der Waals surface area (Å²) in [4.78, 5) is 23.6. The Hall–Kier alpha value is -3.72. The first kappa shape index (κ1) is 27.3. The van der Waals surface area contributed by atoms with Gasteiger partial charge in [0.05, 0.1) is 21.2 Å². The van der Waals surface area contributed by atoms with Crippen molar-refractivity contribution in [1.29, 1.82) is 0 Å². The van der Waals surface area contributed by atoms with Crippen LogP contribution in [0.1, 0.15) is 30.5 Å². The van der Waals surface area contributed by atoms with Crippen molar-refractivity contribution in [3.8, 4) is 9.75 Å². The SMILES string of the molecule is Cc1ccccc1S(=O)(=O)Nc1cc(-c2cc(NS(=O)(=O)c3ccccc3C)c(C(=O)O)s2)sc1C(=O)O. The fourth-order valence-corrected chi connectivity index (χ4v) is 8.34. The number of aryl methyl sites for hydroxylation is 2. The molecule has 4 aromatic rings. The van der Waals surface area contributed by atoms with Gasteiger partial charge < -0.3 is 10.2 Å². The maximum Gasteiger partial charge on any atom is 0.348 e. The van der Waals surface area contributed by atoms with Crippen molar-refractivity contribution in [2.45, 2.75) is 23.6 Å². The van der Waals surface area contributed by atoms with E-state index >= 15 is 0 Å². The predicted octanol–water partition coefficient (Wildman–Crippen LogP) is 5.09. The predicted molar refractivity (Wildman–Crippen MR) is 146 cm³/mol. The lowest BCUT2D eigenvalue weighted by Gasteiger charge is -2.09. The zero-order valence-corrected chi connectivity index (χ0v) is 23.0. The molecule has 0 spiro atoms. The second kappa shape index (κ2) is 10.2. The fourth-order valence-electron chi connectivity index (χ4n) is 3.61. The summed E-state index contributed by atoms with van der Waals surface area (Å²) < 4.78 is 56.4. The van der Waals surface area contributed by atoms with Crippen molar-refractivity contribution in [1.82, 2.24) is 0 Å². The number of thiophene rings is 2. The molecule has 2 heterocycles. The van der Waals surface area contributed by atoms with Crippen LogP contribution in [-0.4, -0.2) is 39.0 Å². The van der Waals surface area contributed by atoms with E-state index in [2.05, 4.69) is 9.44 Å². The van der Waals surface area contributed by atoms with Crippen LogP contribution in [-0.2, 0) is 20.0 Å². The van der Waals surface area contributed by atoms with E-state index < -0.39 is 32.0 Å². The van der Waals surface area contributed by atoms with E-state index in [1.54, 1.807) is 38.1 Å². The molecule has 0 fully saturated rings. The summed E-state index contributed by atoms with van der Waals surface area (Å²) in [6.07, 6.45) is 0. The van der Waals surface area contributed by atoms with Crippen molar-refractivity contribution >= 4 is 66.0 Å². The zero-order chi connectivity index (χ0) is 27.8. The highest BCUT2D eigenvalue weighted by Crippen LogP contribution is 2.42. The van der Waals surface area contributed by atoms with Crippen molar-refractivity contribution in [2.75, 3.05) is 9.44 Å². The van der Waals surface area contributed by atoms with E-state index in [1.165, 1.54) is 36.4 Å². The van der Waals surface area contributed by atoms with E-state index in [-0.39, 0.29) is 40.7 Å². The summed E-state index contributed by atoms with van der Waals surface area (Å²) in [6.45, 7) is 3.20. The van der Waals surface area contributed by atoms with Gasteiger partial charge in [0.2, 0.25) is 0 Å². The highest BCUT2D eigenvalue weighted by molar-refractivity contribution is 7.93. The number of carboxylic acids is 2. The van der Waals surface area contributed by atoms with Crippen LogP contribution in [0, 0.1) is 13.8 Å². The minimum Gasteiger partial charge on any atom is -0.477 e. The monoisotopic (exact) mass is 592 g/mol. The summed E-state index contributed by atoms with van der Waals surface area (Å²) in [5.74, 6) is -2.78. The number of hydrogen-bond donors (Lipinski definition) is 4. The Morgan fingerprint density at radius 3 is 1.32 bits per heavy atom. The molecule has 10 nitrogen and oxygen atoms in total. The van der Waals surface area contributed by atoms with Gasteiger partial charge in [-0.2, -0.15) is 0 Å². The molecule has 14 heteroatoms. The van der Waals surface area contributed by atoms with Gasteiger partial charge in [0.15, 0.2) is 0 Å². The topological polar surface area (TPSA) is 167 Å². The van der Waals surface area contributed by atoms with Crippen LogP contribution < -0.4 is 9.44 Å². The van der Waals surface area contributed by atoms with Crippen LogP contribution in [0.15, 0.2) is 70.5 Å². The number of aromatic carboxylic acids is 2. The van der Waals surface area contributed by atoms with Gasteiger partial charge in [0, 0.05) is 9.75 Å². The average molecular weight is 593 g/mol. The summed E-state index contributed by atoms with van der Waals surface area (Å²) in [6, 6.07) is 14.9. The summed E-state index contributed by atoms with van der Waals surface area (Å²) >= 11 is 1.45. The Bertz CT molecular complexity index is 1660.